The maximum atomic E-state index is 13.1. The second-order valence-electron chi connectivity index (χ2n) is 5.95. The van der Waals surface area contributed by atoms with Crippen LogP contribution < -0.4 is 5.32 Å². The Bertz CT molecular complexity index is 454. The van der Waals surface area contributed by atoms with Gasteiger partial charge < -0.3 is 10.2 Å². The van der Waals surface area contributed by atoms with Crippen molar-refractivity contribution >= 4 is 5.91 Å². The molecular weight excluding hydrogens is 255 g/mol. The molecule has 1 fully saturated rings. The lowest BCUT2D eigenvalue weighted by Crippen LogP contribution is -2.45. The summed E-state index contributed by atoms with van der Waals surface area (Å²) in [7, 11) is 0. The fourth-order valence-electron chi connectivity index (χ4n) is 2.67. The van der Waals surface area contributed by atoms with Gasteiger partial charge in [-0.2, -0.15) is 0 Å². The molecule has 20 heavy (non-hydrogen) atoms. The summed E-state index contributed by atoms with van der Waals surface area (Å²) < 4.78 is 13.1. The summed E-state index contributed by atoms with van der Waals surface area (Å²) >= 11 is 0. The molecule has 1 aromatic rings. The average molecular weight is 278 g/mol. The number of amides is 1. The molecule has 3 nitrogen and oxygen atoms in total. The molecule has 1 amide bonds. The summed E-state index contributed by atoms with van der Waals surface area (Å²) in [6, 6.07) is 6.04. The largest absolute Gasteiger partial charge is 0.349 e. The van der Waals surface area contributed by atoms with Crippen LogP contribution in [0.3, 0.4) is 0 Å². The van der Waals surface area contributed by atoms with Crippen LogP contribution in [-0.4, -0.2) is 36.5 Å². The van der Waals surface area contributed by atoms with Gasteiger partial charge in [-0.25, -0.2) is 4.39 Å². The lowest BCUT2D eigenvalue weighted by Gasteiger charge is -2.33. The Morgan fingerprint density at radius 1 is 1.40 bits per heavy atom. The number of carbonyl (C=O) groups excluding carboxylic acids is 1. The van der Waals surface area contributed by atoms with Crippen molar-refractivity contribution in [3.63, 3.8) is 0 Å². The molecule has 1 heterocycles. The number of hydrogen-bond donors (Lipinski definition) is 1. The topological polar surface area (TPSA) is 32.3 Å². The van der Waals surface area contributed by atoms with Gasteiger partial charge in [0.05, 0.1) is 0 Å². The van der Waals surface area contributed by atoms with Crippen molar-refractivity contribution in [3.8, 4) is 0 Å². The highest BCUT2D eigenvalue weighted by Crippen LogP contribution is 2.13. The van der Waals surface area contributed by atoms with Crippen molar-refractivity contribution < 1.29 is 9.18 Å². The third kappa shape index (κ3) is 4.30. The maximum absolute atomic E-state index is 13.1. The smallest absolute Gasteiger partial charge is 0.251 e. The minimum absolute atomic E-state index is 0.174. The molecule has 0 aromatic heterocycles. The molecule has 0 atom stereocenters. The van der Waals surface area contributed by atoms with E-state index in [9.17, 15) is 9.18 Å². The summed E-state index contributed by atoms with van der Waals surface area (Å²) in [5.74, 6) is 0.129. The van der Waals surface area contributed by atoms with Crippen LogP contribution in [0.5, 0.6) is 0 Å². The molecule has 1 N–H and O–H groups in total. The fourth-order valence-corrected chi connectivity index (χ4v) is 2.67. The Hall–Kier alpha value is -1.42. The molecule has 4 heteroatoms. The van der Waals surface area contributed by atoms with Crippen LogP contribution in [0.2, 0.25) is 0 Å². The summed E-state index contributed by atoms with van der Waals surface area (Å²) in [4.78, 5) is 14.5. The quantitative estimate of drug-likeness (QED) is 0.918. The number of rotatable bonds is 4. The lowest BCUT2D eigenvalue weighted by molar-refractivity contribution is 0.0907. The fraction of sp³-hybridized carbons (Fsp3) is 0.562. The maximum Gasteiger partial charge on any atom is 0.251 e. The average Bonchev–Trinajstić information content (AvgIpc) is 2.40. The Morgan fingerprint density at radius 3 is 2.70 bits per heavy atom. The van der Waals surface area contributed by atoms with Crippen LogP contribution in [0.1, 0.15) is 37.0 Å². The van der Waals surface area contributed by atoms with Gasteiger partial charge >= 0.3 is 0 Å². The van der Waals surface area contributed by atoms with E-state index in [0.717, 1.165) is 32.5 Å². The van der Waals surface area contributed by atoms with Crippen molar-refractivity contribution in [2.45, 2.75) is 32.7 Å². The predicted molar refractivity (Wildman–Crippen MR) is 78.2 cm³/mol. The Kier molecular flexibility index (Phi) is 5.12. The van der Waals surface area contributed by atoms with Crippen LogP contribution in [0.4, 0.5) is 4.39 Å². The number of nitrogens with zero attached hydrogens (tertiary/aromatic N) is 1. The van der Waals surface area contributed by atoms with Gasteiger partial charge in [-0.05, 0) is 37.0 Å². The zero-order chi connectivity index (χ0) is 14.5. The first-order chi connectivity index (χ1) is 9.54. The van der Waals surface area contributed by atoms with E-state index in [4.69, 9.17) is 0 Å². The lowest BCUT2D eigenvalue weighted by atomic mass is 10.0. The van der Waals surface area contributed by atoms with Gasteiger partial charge in [-0.3, -0.25) is 4.79 Å². The monoisotopic (exact) mass is 278 g/mol. The second-order valence-corrected chi connectivity index (χ2v) is 5.95. The molecule has 1 aromatic carbocycles. The summed E-state index contributed by atoms with van der Waals surface area (Å²) in [6.45, 7) is 7.60. The van der Waals surface area contributed by atoms with Gasteiger partial charge in [0, 0.05) is 31.2 Å². The molecule has 110 valence electrons. The van der Waals surface area contributed by atoms with Crippen molar-refractivity contribution in [2.75, 3.05) is 19.6 Å². The highest BCUT2D eigenvalue weighted by molar-refractivity contribution is 5.94. The third-order valence-electron chi connectivity index (χ3n) is 3.63. The minimum Gasteiger partial charge on any atom is -0.349 e. The van der Waals surface area contributed by atoms with Crippen molar-refractivity contribution in [3.05, 3.63) is 35.6 Å². The van der Waals surface area contributed by atoms with Crippen LogP contribution in [0, 0.1) is 11.7 Å². The molecule has 0 unspecified atom stereocenters. The van der Waals surface area contributed by atoms with E-state index in [-0.39, 0.29) is 17.8 Å². The number of hydrogen-bond acceptors (Lipinski definition) is 2. The number of piperidine rings is 1. The van der Waals surface area contributed by atoms with Gasteiger partial charge in [0.2, 0.25) is 0 Å². The number of nitrogens with one attached hydrogen (secondary N) is 1. The minimum atomic E-state index is -0.371. The first-order valence-electron chi connectivity index (χ1n) is 7.33. The van der Waals surface area contributed by atoms with Crippen LogP contribution in [0.15, 0.2) is 24.3 Å². The highest BCUT2D eigenvalue weighted by atomic mass is 19.1. The highest BCUT2D eigenvalue weighted by Gasteiger charge is 2.21. The first kappa shape index (κ1) is 15.0. The van der Waals surface area contributed by atoms with Crippen LogP contribution >= 0.6 is 0 Å². The first-order valence-corrected chi connectivity index (χ1v) is 7.33. The normalized spacial score (nSPS) is 17.4. The van der Waals surface area contributed by atoms with E-state index in [1.807, 2.05) is 0 Å². The van der Waals surface area contributed by atoms with Crippen molar-refractivity contribution in [1.29, 1.82) is 0 Å². The van der Waals surface area contributed by atoms with E-state index < -0.39 is 0 Å². The Labute approximate surface area is 120 Å². The van der Waals surface area contributed by atoms with Crippen LogP contribution in [0.25, 0.3) is 0 Å². The van der Waals surface area contributed by atoms with Crippen molar-refractivity contribution in [1.82, 2.24) is 10.2 Å². The van der Waals surface area contributed by atoms with E-state index in [2.05, 4.69) is 24.1 Å². The third-order valence-corrected chi connectivity index (χ3v) is 3.63. The van der Waals surface area contributed by atoms with Gasteiger partial charge in [0.25, 0.3) is 5.91 Å². The summed E-state index contributed by atoms with van der Waals surface area (Å²) in [5, 5.41) is 3.00. The van der Waals surface area contributed by atoms with Gasteiger partial charge in [0.15, 0.2) is 0 Å². The molecular formula is C16H23FN2O. The van der Waals surface area contributed by atoms with Gasteiger partial charge in [-0.1, -0.05) is 19.9 Å². The van der Waals surface area contributed by atoms with Crippen LogP contribution in [-0.2, 0) is 0 Å². The number of likely N-dealkylation sites (tertiary alicyclic amines) is 1. The predicted octanol–water partition coefficient (Wildman–Crippen LogP) is 2.68. The number of halogens is 1. The molecule has 0 spiro atoms. The van der Waals surface area contributed by atoms with Gasteiger partial charge in [-0.15, -0.1) is 0 Å². The zero-order valence-corrected chi connectivity index (χ0v) is 12.2. The number of carbonyl (C=O) groups is 1. The Balaban J connectivity index is 1.82. The molecule has 1 aliphatic rings. The summed E-state index contributed by atoms with van der Waals surface area (Å²) in [5.41, 5.74) is 0.398. The Morgan fingerprint density at radius 2 is 2.10 bits per heavy atom. The van der Waals surface area contributed by atoms with E-state index in [1.54, 1.807) is 12.1 Å². The summed E-state index contributed by atoms with van der Waals surface area (Å²) in [6.07, 6.45) is 1.93. The molecule has 0 aliphatic carbocycles. The van der Waals surface area contributed by atoms with E-state index >= 15 is 0 Å². The second kappa shape index (κ2) is 6.84. The van der Waals surface area contributed by atoms with E-state index in [1.165, 1.54) is 12.1 Å². The standard InChI is InChI=1S/C16H23FN2O/c1-12(2)11-19-8-6-15(7-9-19)18-16(20)13-4-3-5-14(17)10-13/h3-5,10,12,15H,6-9,11H2,1-2H3,(H,18,20). The molecule has 1 saturated heterocycles. The molecule has 1 aliphatic heterocycles. The molecule has 0 radical (unpaired) electrons. The van der Waals surface area contributed by atoms with Crippen molar-refractivity contribution in [2.24, 2.45) is 5.92 Å². The van der Waals surface area contributed by atoms with Gasteiger partial charge in [0.1, 0.15) is 5.82 Å². The SMILES string of the molecule is CC(C)CN1CCC(NC(=O)c2cccc(F)c2)CC1. The van der Waals surface area contributed by atoms with E-state index in [0.29, 0.717) is 11.5 Å². The molecule has 0 saturated carbocycles. The molecule has 0 bridgehead atoms. The zero-order valence-electron chi connectivity index (χ0n) is 12.2. The number of benzene rings is 1. The molecule has 2 rings (SSSR count).